The Morgan fingerprint density at radius 2 is 2.00 bits per heavy atom. The summed E-state index contributed by atoms with van der Waals surface area (Å²) in [5, 5.41) is 19.7. The van der Waals surface area contributed by atoms with E-state index in [1.165, 1.54) is 17.8 Å². The number of thiophene rings is 1. The molecule has 1 saturated heterocycles. The second kappa shape index (κ2) is 7.99. The van der Waals surface area contributed by atoms with E-state index in [4.69, 9.17) is 15.2 Å². The molecule has 1 fully saturated rings. The first kappa shape index (κ1) is 19.5. The molecule has 9 heteroatoms. The summed E-state index contributed by atoms with van der Waals surface area (Å²) < 4.78 is 5.25. The second-order valence-corrected chi connectivity index (χ2v) is 8.61. The van der Waals surface area contributed by atoms with Gasteiger partial charge in [0.2, 0.25) is 5.27 Å². The molecule has 5 rings (SSSR count). The summed E-state index contributed by atoms with van der Waals surface area (Å²) in [7, 11) is 0. The van der Waals surface area contributed by atoms with Crippen LogP contribution < -0.4 is 20.6 Å². The van der Waals surface area contributed by atoms with Crippen molar-refractivity contribution in [3.63, 3.8) is 0 Å². The molecule has 158 valence electrons. The molecule has 2 N–H and O–H groups in total. The molecule has 1 aromatic carbocycles. The van der Waals surface area contributed by atoms with Gasteiger partial charge >= 0.3 is 5.88 Å². The molecule has 0 aliphatic carbocycles. The number of aromatic nitrogens is 3. The van der Waals surface area contributed by atoms with Crippen LogP contribution in [0.25, 0.3) is 21.5 Å². The Kier molecular flexibility index (Phi) is 5.03. The molecule has 3 aromatic heterocycles. The molecular weight excluding hydrogens is 412 g/mol. The lowest BCUT2D eigenvalue weighted by atomic mass is 10.1. The number of piperidine rings is 1. The van der Waals surface area contributed by atoms with E-state index in [1.807, 2.05) is 43.3 Å². The molecule has 0 unspecified atom stereocenters. The standard InChI is InChI=1S/C22H22N6O2S/c1-14-12-16-18(23)20(31-22(16)25-19(14)15-8-4-2-5-9-15)21(29)24-17-13-28(26-30-17)27-10-6-3-7-11-27/h2,4-5,8-9,12-13H,3,6-7,10-11H2,1H3,(H2-,23,24,26,29). The molecule has 0 amide bonds. The largest absolute Gasteiger partial charge is 0.857 e. The van der Waals surface area contributed by atoms with Crippen LogP contribution in [0.5, 0.6) is 0 Å². The van der Waals surface area contributed by atoms with Crippen LogP contribution >= 0.6 is 11.3 Å². The Morgan fingerprint density at radius 1 is 1.23 bits per heavy atom. The average Bonchev–Trinajstić information content (AvgIpc) is 3.39. The first-order chi connectivity index (χ1) is 15.1. The van der Waals surface area contributed by atoms with Gasteiger partial charge in [-0.2, -0.15) is 5.01 Å². The topological polar surface area (TPSA) is 107 Å². The van der Waals surface area contributed by atoms with Crippen molar-refractivity contribution in [1.29, 1.82) is 0 Å². The Bertz CT molecular complexity index is 1260. The summed E-state index contributed by atoms with van der Waals surface area (Å²) in [4.78, 5) is 11.6. The van der Waals surface area contributed by atoms with Crippen LogP contribution in [0.1, 0.15) is 29.7 Å². The number of hydrogen-bond acceptors (Lipinski definition) is 8. The zero-order valence-electron chi connectivity index (χ0n) is 17.1. The highest BCUT2D eigenvalue weighted by atomic mass is 32.1. The van der Waals surface area contributed by atoms with Crippen molar-refractivity contribution in [2.24, 2.45) is 4.99 Å². The minimum atomic E-state index is -0.457. The Morgan fingerprint density at radius 3 is 2.77 bits per heavy atom. The fourth-order valence-electron chi connectivity index (χ4n) is 3.83. The predicted octanol–water partition coefficient (Wildman–Crippen LogP) is 2.69. The van der Waals surface area contributed by atoms with Gasteiger partial charge in [-0.25, -0.2) is 9.98 Å². The zero-order valence-corrected chi connectivity index (χ0v) is 17.9. The lowest BCUT2D eigenvalue weighted by Crippen LogP contribution is -2.60. The normalized spacial score (nSPS) is 15.0. The first-order valence-electron chi connectivity index (χ1n) is 10.2. The lowest BCUT2D eigenvalue weighted by molar-refractivity contribution is -0.759. The Balaban J connectivity index is 1.48. The lowest BCUT2D eigenvalue weighted by Gasteiger charge is -2.17. The minimum Gasteiger partial charge on any atom is -0.857 e. The maximum absolute atomic E-state index is 12.9. The predicted molar refractivity (Wildman–Crippen MR) is 119 cm³/mol. The van der Waals surface area contributed by atoms with E-state index in [9.17, 15) is 5.11 Å². The Labute approximate surface area is 183 Å². The number of nitrogen functional groups attached to an aromatic ring is 1. The van der Waals surface area contributed by atoms with Crippen LogP contribution in [0.15, 0.2) is 52.1 Å². The molecule has 0 bridgehead atoms. The number of benzene rings is 1. The Hall–Kier alpha value is -3.46. The quantitative estimate of drug-likeness (QED) is 0.301. The maximum Gasteiger partial charge on any atom is 0.324 e. The number of fused-ring (bicyclic) bond motifs is 1. The summed E-state index contributed by atoms with van der Waals surface area (Å²) in [5.41, 5.74) is 9.60. The smallest absolute Gasteiger partial charge is 0.324 e. The van der Waals surface area contributed by atoms with Crippen molar-refractivity contribution < 1.29 is 14.4 Å². The summed E-state index contributed by atoms with van der Waals surface area (Å²) in [6, 6.07) is 11.9. The number of pyridine rings is 1. The number of aliphatic imine (C=N–C) groups is 1. The van der Waals surface area contributed by atoms with Crippen LogP contribution in [0.4, 0.5) is 11.6 Å². The molecule has 0 spiro atoms. The highest BCUT2D eigenvalue weighted by Crippen LogP contribution is 2.36. The molecule has 0 saturated carbocycles. The molecule has 0 radical (unpaired) electrons. The number of rotatable bonds is 4. The number of nitrogens with zero attached hydrogens (tertiary/aromatic N) is 5. The number of nitrogens with two attached hydrogens (primary N) is 1. The summed E-state index contributed by atoms with van der Waals surface area (Å²) in [6.45, 7) is 3.80. The van der Waals surface area contributed by atoms with Crippen molar-refractivity contribution in [3.05, 3.63) is 53.0 Å². The van der Waals surface area contributed by atoms with Gasteiger partial charge in [0.1, 0.15) is 4.83 Å². The third kappa shape index (κ3) is 3.72. The van der Waals surface area contributed by atoms with E-state index in [0.717, 1.165) is 48.1 Å². The van der Waals surface area contributed by atoms with Gasteiger partial charge in [0.25, 0.3) is 6.20 Å². The van der Waals surface area contributed by atoms with E-state index in [-0.39, 0.29) is 5.88 Å². The molecule has 1 aliphatic rings. The number of aryl methyl sites for hydroxylation is 1. The summed E-state index contributed by atoms with van der Waals surface area (Å²) in [6.07, 6.45) is 5.07. The third-order valence-electron chi connectivity index (χ3n) is 5.43. The van der Waals surface area contributed by atoms with E-state index >= 15 is 0 Å². The van der Waals surface area contributed by atoms with E-state index in [0.29, 0.717) is 15.4 Å². The fraction of sp³-hybridized carbons (Fsp3) is 0.273. The van der Waals surface area contributed by atoms with E-state index in [2.05, 4.69) is 15.3 Å². The maximum atomic E-state index is 12.9. The van der Waals surface area contributed by atoms with Crippen LogP contribution in [0, 0.1) is 6.92 Å². The van der Waals surface area contributed by atoms with Crippen molar-refractivity contribution in [2.45, 2.75) is 26.2 Å². The first-order valence-corrected chi connectivity index (χ1v) is 11.1. The van der Waals surface area contributed by atoms with E-state index in [1.54, 1.807) is 11.0 Å². The van der Waals surface area contributed by atoms with Crippen molar-refractivity contribution in [1.82, 2.24) is 10.3 Å². The van der Waals surface area contributed by atoms with Gasteiger partial charge in [-0.15, -0.1) is 11.3 Å². The third-order valence-corrected chi connectivity index (χ3v) is 6.53. The number of hydrogen-bond donors (Lipinski definition) is 1. The van der Waals surface area contributed by atoms with Crippen LogP contribution in [-0.4, -0.2) is 29.2 Å². The van der Waals surface area contributed by atoms with Crippen LogP contribution in [0.2, 0.25) is 0 Å². The monoisotopic (exact) mass is 434 g/mol. The van der Waals surface area contributed by atoms with Crippen LogP contribution in [0.3, 0.4) is 0 Å². The van der Waals surface area contributed by atoms with Gasteiger partial charge in [0.15, 0.2) is 0 Å². The average molecular weight is 435 g/mol. The summed E-state index contributed by atoms with van der Waals surface area (Å²) in [5.74, 6) is -0.303. The molecule has 8 nitrogen and oxygen atoms in total. The molecule has 1 aliphatic heterocycles. The van der Waals surface area contributed by atoms with Gasteiger partial charge in [-0.1, -0.05) is 30.3 Å². The van der Waals surface area contributed by atoms with Gasteiger partial charge in [0.05, 0.1) is 34.1 Å². The van der Waals surface area contributed by atoms with Gasteiger partial charge in [-0.3, -0.25) is 4.52 Å². The van der Waals surface area contributed by atoms with Crippen molar-refractivity contribution >= 4 is 39.0 Å². The SMILES string of the molecule is Cc1cc2c(N)c(/C([O-])=N/c3c[n+](N4CCCCC4)no3)sc2nc1-c1ccccc1. The van der Waals surface area contributed by atoms with Gasteiger partial charge < -0.3 is 10.8 Å². The van der Waals surface area contributed by atoms with Gasteiger partial charge in [-0.05, 0) is 37.8 Å². The minimum absolute atomic E-state index is 0.154. The van der Waals surface area contributed by atoms with Crippen LogP contribution in [-0.2, 0) is 0 Å². The molecule has 0 atom stereocenters. The molecule has 4 heterocycles. The summed E-state index contributed by atoms with van der Waals surface area (Å²) >= 11 is 1.24. The van der Waals surface area contributed by atoms with Crippen molar-refractivity contribution in [2.75, 3.05) is 23.8 Å². The highest BCUT2D eigenvalue weighted by molar-refractivity contribution is 7.21. The zero-order chi connectivity index (χ0) is 21.4. The highest BCUT2D eigenvalue weighted by Gasteiger charge is 2.22. The second-order valence-electron chi connectivity index (χ2n) is 7.61. The van der Waals surface area contributed by atoms with Gasteiger partial charge in [0, 0.05) is 16.8 Å². The number of anilines is 1. The molecular formula is C22H22N6O2S. The fourth-order valence-corrected chi connectivity index (χ4v) is 4.80. The molecule has 31 heavy (non-hydrogen) atoms. The van der Waals surface area contributed by atoms with E-state index < -0.39 is 5.90 Å². The molecule has 4 aromatic rings. The van der Waals surface area contributed by atoms with Crippen molar-refractivity contribution in [3.8, 4) is 11.3 Å².